The van der Waals surface area contributed by atoms with Crippen LogP contribution >= 0.6 is 23.1 Å². The van der Waals surface area contributed by atoms with Crippen molar-refractivity contribution in [3.8, 4) is 0 Å². The molecule has 0 radical (unpaired) electrons. The lowest BCUT2D eigenvalue weighted by Crippen LogP contribution is -2.35. The molecule has 0 saturated heterocycles. The highest BCUT2D eigenvalue weighted by molar-refractivity contribution is 8.00. The average Bonchev–Trinajstić information content (AvgIpc) is 3.31. The van der Waals surface area contributed by atoms with Crippen molar-refractivity contribution < 1.29 is 23.5 Å². The molecule has 2 N–H and O–H groups in total. The van der Waals surface area contributed by atoms with E-state index >= 15 is 0 Å². The molecule has 0 aliphatic heterocycles. The topological polar surface area (TPSA) is 84.5 Å². The summed E-state index contributed by atoms with van der Waals surface area (Å²) in [5.41, 5.74) is 0.747. The van der Waals surface area contributed by atoms with Crippen LogP contribution in [0.4, 0.5) is 10.1 Å². The summed E-state index contributed by atoms with van der Waals surface area (Å²) >= 11 is 2.69. The van der Waals surface area contributed by atoms with Crippen molar-refractivity contribution in [3.05, 3.63) is 82.3 Å². The van der Waals surface area contributed by atoms with Gasteiger partial charge in [0.2, 0.25) is 5.91 Å². The van der Waals surface area contributed by atoms with E-state index in [1.165, 1.54) is 42.5 Å². The van der Waals surface area contributed by atoms with Crippen LogP contribution in [-0.2, 0) is 20.9 Å². The third-order valence-electron chi connectivity index (χ3n) is 4.26. The molecule has 0 spiro atoms. The minimum atomic E-state index is -0.970. The van der Waals surface area contributed by atoms with Crippen LogP contribution in [0.25, 0.3) is 0 Å². The number of hydrogen-bond donors (Lipinski definition) is 2. The standard InChI is InChI=1S/C23H21FN2O4S2/c1-15(22(28)25-13-18-5-4-12-31-18)30-23(29)19-6-2-3-7-20(19)32-14-21(27)26-17-10-8-16(24)9-11-17/h2-12,15H,13-14H2,1H3,(H,25,28)(H,26,27). The minimum Gasteiger partial charge on any atom is -0.449 e. The highest BCUT2D eigenvalue weighted by Gasteiger charge is 2.21. The number of thiophene rings is 1. The van der Waals surface area contributed by atoms with E-state index in [0.29, 0.717) is 17.1 Å². The fourth-order valence-electron chi connectivity index (χ4n) is 2.64. The summed E-state index contributed by atoms with van der Waals surface area (Å²) in [6.45, 7) is 1.88. The maximum atomic E-state index is 13.0. The van der Waals surface area contributed by atoms with E-state index < -0.39 is 18.0 Å². The van der Waals surface area contributed by atoms with Crippen molar-refractivity contribution in [1.29, 1.82) is 0 Å². The molecule has 1 unspecified atom stereocenters. The van der Waals surface area contributed by atoms with Gasteiger partial charge in [-0.05, 0) is 54.8 Å². The Bertz CT molecular complexity index is 1070. The minimum absolute atomic E-state index is 0.0402. The van der Waals surface area contributed by atoms with Crippen LogP contribution in [0, 0.1) is 5.82 Å². The SMILES string of the molecule is CC(OC(=O)c1ccccc1SCC(=O)Nc1ccc(F)cc1)C(=O)NCc1cccs1. The quantitative estimate of drug-likeness (QED) is 0.354. The summed E-state index contributed by atoms with van der Waals surface area (Å²) in [5.74, 6) is -1.69. The third kappa shape index (κ3) is 6.93. The first-order chi connectivity index (χ1) is 15.4. The smallest absolute Gasteiger partial charge is 0.340 e. The second-order valence-corrected chi connectivity index (χ2v) is 8.73. The molecule has 3 rings (SSSR count). The zero-order valence-corrected chi connectivity index (χ0v) is 18.8. The van der Waals surface area contributed by atoms with E-state index in [9.17, 15) is 18.8 Å². The number of hydrogen-bond acceptors (Lipinski definition) is 6. The number of ether oxygens (including phenoxy) is 1. The molecule has 0 saturated carbocycles. The number of nitrogens with one attached hydrogen (secondary N) is 2. The summed E-state index contributed by atoms with van der Waals surface area (Å²) < 4.78 is 18.3. The van der Waals surface area contributed by atoms with Gasteiger partial charge in [-0.1, -0.05) is 18.2 Å². The number of carbonyl (C=O) groups is 3. The van der Waals surface area contributed by atoms with Crippen molar-refractivity contribution >= 4 is 46.6 Å². The normalized spacial score (nSPS) is 11.4. The van der Waals surface area contributed by atoms with E-state index in [1.807, 2.05) is 17.5 Å². The lowest BCUT2D eigenvalue weighted by molar-refractivity contribution is -0.129. The van der Waals surface area contributed by atoms with Gasteiger partial charge in [-0.2, -0.15) is 0 Å². The average molecular weight is 473 g/mol. The first-order valence-electron chi connectivity index (χ1n) is 9.70. The molecular weight excluding hydrogens is 451 g/mol. The van der Waals surface area contributed by atoms with E-state index in [2.05, 4.69) is 10.6 Å². The second-order valence-electron chi connectivity index (χ2n) is 6.68. The van der Waals surface area contributed by atoms with Crippen molar-refractivity contribution in [2.24, 2.45) is 0 Å². The Balaban J connectivity index is 1.53. The van der Waals surface area contributed by atoms with Gasteiger partial charge in [-0.15, -0.1) is 23.1 Å². The van der Waals surface area contributed by atoms with E-state index in [-0.39, 0.29) is 23.0 Å². The largest absolute Gasteiger partial charge is 0.449 e. The van der Waals surface area contributed by atoms with Gasteiger partial charge in [0.25, 0.3) is 5.91 Å². The molecule has 2 amide bonds. The van der Waals surface area contributed by atoms with Gasteiger partial charge < -0.3 is 15.4 Å². The molecule has 3 aromatic rings. The molecular formula is C23H21FN2O4S2. The number of halogens is 1. The van der Waals surface area contributed by atoms with E-state index in [1.54, 1.807) is 24.3 Å². The first kappa shape index (κ1) is 23.5. The van der Waals surface area contributed by atoms with Crippen molar-refractivity contribution in [2.75, 3.05) is 11.1 Å². The van der Waals surface area contributed by atoms with Crippen LogP contribution in [0.3, 0.4) is 0 Å². The highest BCUT2D eigenvalue weighted by Crippen LogP contribution is 2.24. The Hall–Kier alpha value is -3.17. The van der Waals surface area contributed by atoms with Crippen LogP contribution in [0.1, 0.15) is 22.2 Å². The summed E-state index contributed by atoms with van der Waals surface area (Å²) in [5, 5.41) is 7.32. The summed E-state index contributed by atoms with van der Waals surface area (Å²) in [4.78, 5) is 38.6. The van der Waals surface area contributed by atoms with Crippen LogP contribution in [0.5, 0.6) is 0 Å². The van der Waals surface area contributed by atoms with Crippen LogP contribution in [0.2, 0.25) is 0 Å². The third-order valence-corrected chi connectivity index (χ3v) is 6.21. The summed E-state index contributed by atoms with van der Waals surface area (Å²) in [7, 11) is 0. The monoisotopic (exact) mass is 472 g/mol. The molecule has 9 heteroatoms. The van der Waals surface area contributed by atoms with Crippen LogP contribution in [-0.4, -0.2) is 29.6 Å². The molecule has 0 aliphatic carbocycles. The lowest BCUT2D eigenvalue weighted by Gasteiger charge is -2.15. The van der Waals surface area contributed by atoms with Crippen LogP contribution < -0.4 is 10.6 Å². The maximum Gasteiger partial charge on any atom is 0.340 e. The molecule has 32 heavy (non-hydrogen) atoms. The molecule has 166 valence electrons. The van der Waals surface area contributed by atoms with Gasteiger partial charge in [0, 0.05) is 15.5 Å². The van der Waals surface area contributed by atoms with Gasteiger partial charge in [-0.25, -0.2) is 9.18 Å². The maximum absolute atomic E-state index is 13.0. The highest BCUT2D eigenvalue weighted by atomic mass is 32.2. The van der Waals surface area contributed by atoms with Crippen molar-refractivity contribution in [1.82, 2.24) is 5.32 Å². The molecule has 1 heterocycles. The fraction of sp³-hybridized carbons (Fsp3) is 0.174. The van der Waals surface area contributed by atoms with Gasteiger partial charge in [-0.3, -0.25) is 9.59 Å². The van der Waals surface area contributed by atoms with E-state index in [0.717, 1.165) is 16.6 Å². The van der Waals surface area contributed by atoms with Crippen molar-refractivity contribution in [3.63, 3.8) is 0 Å². The Morgan fingerprint density at radius 2 is 1.81 bits per heavy atom. The molecule has 0 bridgehead atoms. The van der Waals surface area contributed by atoms with Crippen molar-refractivity contribution in [2.45, 2.75) is 24.5 Å². The number of amides is 2. The second kappa shape index (κ2) is 11.4. The number of carbonyl (C=O) groups excluding carboxylic acids is 3. The molecule has 1 atom stereocenters. The van der Waals surface area contributed by atoms with E-state index in [4.69, 9.17) is 4.74 Å². The zero-order chi connectivity index (χ0) is 22.9. The Kier molecular flexibility index (Phi) is 8.41. The molecule has 0 aliphatic rings. The molecule has 0 fully saturated rings. The fourth-order valence-corrected chi connectivity index (χ4v) is 4.13. The Labute approximate surface area is 193 Å². The molecule has 6 nitrogen and oxygen atoms in total. The number of thioether (sulfide) groups is 1. The lowest BCUT2D eigenvalue weighted by atomic mass is 10.2. The Morgan fingerprint density at radius 1 is 1.06 bits per heavy atom. The summed E-state index contributed by atoms with van der Waals surface area (Å²) in [6, 6.07) is 16.0. The predicted molar refractivity (Wildman–Crippen MR) is 123 cm³/mol. The summed E-state index contributed by atoms with van der Waals surface area (Å²) in [6.07, 6.45) is -0.970. The number of rotatable bonds is 9. The molecule has 1 aromatic heterocycles. The number of esters is 1. The molecule has 2 aromatic carbocycles. The zero-order valence-electron chi connectivity index (χ0n) is 17.2. The van der Waals surface area contributed by atoms with Crippen LogP contribution in [0.15, 0.2) is 70.9 Å². The van der Waals surface area contributed by atoms with Gasteiger partial charge in [0.05, 0.1) is 17.9 Å². The number of benzene rings is 2. The van der Waals surface area contributed by atoms with Gasteiger partial charge in [0.1, 0.15) is 5.82 Å². The first-order valence-corrected chi connectivity index (χ1v) is 11.6. The predicted octanol–water partition coefficient (Wildman–Crippen LogP) is 4.48. The number of anilines is 1. The van der Waals surface area contributed by atoms with Gasteiger partial charge >= 0.3 is 5.97 Å². The van der Waals surface area contributed by atoms with Gasteiger partial charge in [0.15, 0.2) is 6.10 Å². The Morgan fingerprint density at radius 3 is 2.53 bits per heavy atom.